The summed E-state index contributed by atoms with van der Waals surface area (Å²) < 4.78 is 0. The van der Waals surface area contributed by atoms with Crippen LogP contribution in [-0.4, -0.2) is 50.2 Å². The average molecular weight is 421 g/mol. The summed E-state index contributed by atoms with van der Waals surface area (Å²) in [6, 6.07) is 18.2. The molecule has 0 radical (unpaired) electrons. The fourth-order valence-corrected chi connectivity index (χ4v) is 3.19. The van der Waals surface area contributed by atoms with Crippen molar-refractivity contribution in [2.45, 2.75) is 31.9 Å². The molecule has 1 aromatic heterocycles. The third kappa shape index (κ3) is 5.86. The van der Waals surface area contributed by atoms with Gasteiger partial charge in [-0.05, 0) is 29.2 Å². The Kier molecular flexibility index (Phi) is 6.94. The Morgan fingerprint density at radius 3 is 2.26 bits per heavy atom. The number of amides is 1. The number of aliphatic carboxylic acids is 1. The van der Waals surface area contributed by atoms with Crippen LogP contribution >= 0.6 is 0 Å². The summed E-state index contributed by atoms with van der Waals surface area (Å²) in [5, 5.41) is 27.9. The molecule has 0 bridgehead atoms. The number of aliphatic hydroxyl groups excluding tert-OH is 1. The van der Waals surface area contributed by atoms with Crippen LogP contribution in [0, 0.1) is 0 Å². The van der Waals surface area contributed by atoms with Crippen LogP contribution in [-0.2, 0) is 11.2 Å². The number of carbonyl (C=O) groups excluding carboxylic acids is 2. The number of aromatic amines is 1. The van der Waals surface area contributed by atoms with E-state index in [1.165, 1.54) is 13.0 Å². The van der Waals surface area contributed by atoms with Crippen molar-refractivity contribution in [1.82, 2.24) is 15.5 Å². The van der Waals surface area contributed by atoms with Crippen LogP contribution in [0.1, 0.15) is 39.9 Å². The van der Waals surface area contributed by atoms with Crippen LogP contribution in [0.4, 0.5) is 0 Å². The van der Waals surface area contributed by atoms with Crippen molar-refractivity contribution in [2.75, 3.05) is 0 Å². The number of hydrogen-bond donors (Lipinski definition) is 4. The van der Waals surface area contributed by atoms with Gasteiger partial charge in [-0.15, -0.1) is 0 Å². The van der Waals surface area contributed by atoms with Crippen LogP contribution in [0.2, 0.25) is 0 Å². The molecule has 160 valence electrons. The molecule has 0 aliphatic rings. The standard InChI is InChI=1S/C23H23N3O5/c1-14(27)19-13-20(26-25-19)22(29)24-18(12-21(28)23(30)31)11-15-7-9-17(10-8-15)16-5-3-2-4-6-16/h2-10,13,18,21,28H,11-12H2,1H3,(H,24,29)(H,25,26)(H,30,31)/t18-,21-/m1/s1. The molecular weight excluding hydrogens is 398 g/mol. The van der Waals surface area contributed by atoms with E-state index in [0.717, 1.165) is 16.7 Å². The summed E-state index contributed by atoms with van der Waals surface area (Å²) in [6.45, 7) is 1.34. The number of nitrogens with one attached hydrogen (secondary N) is 2. The molecule has 1 amide bonds. The Morgan fingerprint density at radius 2 is 1.68 bits per heavy atom. The number of carboxylic acid groups (broad SMARTS) is 1. The summed E-state index contributed by atoms with van der Waals surface area (Å²) in [6.07, 6.45) is -1.47. The Balaban J connectivity index is 1.74. The molecule has 4 N–H and O–H groups in total. The van der Waals surface area contributed by atoms with Gasteiger partial charge in [-0.1, -0.05) is 54.6 Å². The lowest BCUT2D eigenvalue weighted by molar-refractivity contribution is -0.147. The molecule has 31 heavy (non-hydrogen) atoms. The van der Waals surface area contributed by atoms with Crippen LogP contribution in [0.3, 0.4) is 0 Å². The number of aliphatic hydroxyl groups is 1. The molecule has 0 saturated carbocycles. The van der Waals surface area contributed by atoms with Gasteiger partial charge in [0.15, 0.2) is 11.9 Å². The van der Waals surface area contributed by atoms with E-state index in [9.17, 15) is 19.5 Å². The predicted octanol–water partition coefficient (Wildman–Crippen LogP) is 2.46. The van der Waals surface area contributed by atoms with E-state index >= 15 is 0 Å². The number of H-pyrrole nitrogens is 1. The van der Waals surface area contributed by atoms with Crippen molar-refractivity contribution in [3.05, 3.63) is 77.6 Å². The van der Waals surface area contributed by atoms with E-state index in [1.54, 1.807) is 0 Å². The molecule has 0 fully saturated rings. The molecular formula is C23H23N3O5. The van der Waals surface area contributed by atoms with Crippen molar-refractivity contribution in [3.8, 4) is 11.1 Å². The molecule has 0 spiro atoms. The number of carbonyl (C=O) groups is 3. The van der Waals surface area contributed by atoms with E-state index < -0.39 is 24.0 Å². The third-order valence-corrected chi connectivity index (χ3v) is 4.85. The number of hydrogen-bond acceptors (Lipinski definition) is 5. The second kappa shape index (κ2) is 9.82. The average Bonchev–Trinajstić information content (AvgIpc) is 3.25. The van der Waals surface area contributed by atoms with Crippen molar-refractivity contribution >= 4 is 17.7 Å². The molecule has 0 unspecified atom stereocenters. The number of Topliss-reactive ketones (excluding diaryl/α,β-unsaturated/α-hetero) is 1. The Morgan fingerprint density at radius 1 is 1.03 bits per heavy atom. The highest BCUT2D eigenvalue weighted by Gasteiger charge is 2.23. The molecule has 2 aromatic carbocycles. The smallest absolute Gasteiger partial charge is 0.332 e. The molecule has 2 atom stereocenters. The largest absolute Gasteiger partial charge is 0.479 e. The maximum Gasteiger partial charge on any atom is 0.332 e. The third-order valence-electron chi connectivity index (χ3n) is 4.85. The van der Waals surface area contributed by atoms with Gasteiger partial charge in [0, 0.05) is 19.4 Å². The fraction of sp³-hybridized carbons (Fsp3) is 0.217. The summed E-state index contributed by atoms with van der Waals surface area (Å²) in [5.74, 6) is -2.19. The van der Waals surface area contributed by atoms with Gasteiger partial charge < -0.3 is 15.5 Å². The minimum absolute atomic E-state index is 0.0828. The van der Waals surface area contributed by atoms with Crippen molar-refractivity contribution in [1.29, 1.82) is 0 Å². The number of benzene rings is 2. The second-order valence-corrected chi connectivity index (χ2v) is 7.25. The second-order valence-electron chi connectivity index (χ2n) is 7.25. The van der Waals surface area contributed by atoms with Gasteiger partial charge in [-0.2, -0.15) is 5.10 Å². The number of ketones is 1. The normalized spacial score (nSPS) is 12.7. The van der Waals surface area contributed by atoms with Crippen LogP contribution in [0.25, 0.3) is 11.1 Å². The lowest BCUT2D eigenvalue weighted by Gasteiger charge is -2.20. The zero-order valence-corrected chi connectivity index (χ0v) is 16.9. The van der Waals surface area contributed by atoms with Crippen LogP contribution in [0.5, 0.6) is 0 Å². The zero-order chi connectivity index (χ0) is 22.4. The number of rotatable bonds is 9. The highest BCUT2D eigenvalue weighted by Crippen LogP contribution is 2.20. The van der Waals surface area contributed by atoms with E-state index in [-0.39, 0.29) is 23.6 Å². The Hall–Kier alpha value is -3.78. The van der Waals surface area contributed by atoms with E-state index in [0.29, 0.717) is 6.42 Å². The lowest BCUT2D eigenvalue weighted by atomic mass is 9.97. The number of nitrogens with zero attached hydrogens (tertiary/aromatic N) is 1. The lowest BCUT2D eigenvalue weighted by Crippen LogP contribution is -2.40. The Labute approximate surface area is 178 Å². The molecule has 0 saturated heterocycles. The van der Waals surface area contributed by atoms with Gasteiger partial charge in [0.05, 0.1) is 0 Å². The minimum atomic E-state index is -1.62. The predicted molar refractivity (Wildman–Crippen MR) is 114 cm³/mol. The minimum Gasteiger partial charge on any atom is -0.479 e. The summed E-state index contributed by atoms with van der Waals surface area (Å²) in [5.41, 5.74) is 3.19. The number of carboxylic acids is 1. The summed E-state index contributed by atoms with van der Waals surface area (Å²) >= 11 is 0. The zero-order valence-electron chi connectivity index (χ0n) is 16.9. The van der Waals surface area contributed by atoms with Crippen LogP contribution in [0.15, 0.2) is 60.7 Å². The highest BCUT2D eigenvalue weighted by molar-refractivity contribution is 5.97. The first-order valence-electron chi connectivity index (χ1n) is 9.76. The van der Waals surface area contributed by atoms with Crippen molar-refractivity contribution in [3.63, 3.8) is 0 Å². The van der Waals surface area contributed by atoms with E-state index in [4.69, 9.17) is 5.11 Å². The summed E-state index contributed by atoms with van der Waals surface area (Å²) in [4.78, 5) is 35.0. The topological polar surface area (TPSA) is 132 Å². The molecule has 0 aliphatic heterocycles. The molecule has 8 heteroatoms. The first-order chi connectivity index (χ1) is 14.8. The van der Waals surface area contributed by atoms with Gasteiger partial charge in [0.2, 0.25) is 0 Å². The number of aromatic nitrogens is 2. The van der Waals surface area contributed by atoms with Gasteiger partial charge in [-0.3, -0.25) is 14.7 Å². The first kappa shape index (κ1) is 21.9. The van der Waals surface area contributed by atoms with Crippen molar-refractivity contribution < 1.29 is 24.6 Å². The van der Waals surface area contributed by atoms with E-state index in [2.05, 4.69) is 15.5 Å². The van der Waals surface area contributed by atoms with Gasteiger partial charge in [-0.25, -0.2) is 4.79 Å². The van der Waals surface area contributed by atoms with Crippen molar-refractivity contribution in [2.24, 2.45) is 0 Å². The van der Waals surface area contributed by atoms with Crippen LogP contribution < -0.4 is 5.32 Å². The SMILES string of the molecule is CC(=O)c1cc(C(=O)N[C@H](Cc2ccc(-c3ccccc3)cc2)C[C@@H](O)C(=O)O)[nH]n1. The highest BCUT2D eigenvalue weighted by atomic mass is 16.4. The molecule has 1 heterocycles. The molecule has 3 rings (SSSR count). The maximum atomic E-state index is 12.5. The maximum absolute atomic E-state index is 12.5. The van der Waals surface area contributed by atoms with Gasteiger partial charge in [0.25, 0.3) is 5.91 Å². The molecule has 3 aromatic rings. The fourth-order valence-electron chi connectivity index (χ4n) is 3.19. The monoisotopic (exact) mass is 421 g/mol. The quantitative estimate of drug-likeness (QED) is 0.392. The van der Waals surface area contributed by atoms with Gasteiger partial charge in [0.1, 0.15) is 11.4 Å². The molecule has 0 aliphatic carbocycles. The summed E-state index contributed by atoms with van der Waals surface area (Å²) in [7, 11) is 0. The van der Waals surface area contributed by atoms with E-state index in [1.807, 2.05) is 54.6 Å². The first-order valence-corrected chi connectivity index (χ1v) is 9.76. The van der Waals surface area contributed by atoms with Gasteiger partial charge >= 0.3 is 5.97 Å². The Bertz CT molecular complexity index is 1060. The molecule has 8 nitrogen and oxygen atoms in total.